The summed E-state index contributed by atoms with van der Waals surface area (Å²) in [6.07, 6.45) is 11.9. The number of rotatable bonds is 55. The van der Waals surface area contributed by atoms with E-state index in [1.807, 2.05) is 24.3 Å². The van der Waals surface area contributed by atoms with E-state index in [4.69, 9.17) is 11.1 Å². The van der Waals surface area contributed by atoms with Crippen molar-refractivity contribution in [3.8, 4) is 5.75 Å². The van der Waals surface area contributed by atoms with Crippen LogP contribution >= 0.6 is 0 Å². The third kappa shape index (κ3) is 35.6. The number of carboxylic acids is 1. The summed E-state index contributed by atoms with van der Waals surface area (Å²) < 4.78 is 0. The maximum absolute atomic E-state index is 14.6. The molecule has 0 spiro atoms. The van der Waals surface area contributed by atoms with Crippen molar-refractivity contribution in [3.05, 3.63) is 102 Å². The third-order valence-corrected chi connectivity index (χ3v) is 18.1. The SMILES string of the molecule is CCCCCCCCCCCC(=O)NCCC(=O)NCCCC[C@H](NC(C)=O)C(=O)N[C@@H](Cc1ccc(O)cc1)C(=O)N[C@@H](CO)C(=O)N[C@@H](CCCC)C(=O)N[C@@H](CCC(=O)O)C(=O)N[C@@H](CO)C(=O)N[C@H](Cc1ccccc1)C(=O)N[C@@H](CCCNC(=N)N)C(=O)N[C@@H](Cc1c[nH]c2ccccc12)C(=O)NCC. The fourth-order valence-electron chi connectivity index (χ4n) is 12.0. The van der Waals surface area contributed by atoms with E-state index in [1.54, 1.807) is 50.4 Å². The molecule has 606 valence electrons. The van der Waals surface area contributed by atoms with Crippen LogP contribution in [0.15, 0.2) is 85.1 Å². The first-order chi connectivity index (χ1) is 52.8. The van der Waals surface area contributed by atoms with Gasteiger partial charge in [0.15, 0.2) is 5.96 Å². The molecular weight excluding hydrogens is 1420 g/mol. The lowest BCUT2D eigenvalue weighted by atomic mass is 10.0. The minimum Gasteiger partial charge on any atom is -0.508 e. The van der Waals surface area contributed by atoms with Gasteiger partial charge in [-0.2, -0.15) is 0 Å². The molecule has 0 aliphatic rings. The van der Waals surface area contributed by atoms with Gasteiger partial charge in [-0.1, -0.05) is 139 Å². The van der Waals surface area contributed by atoms with Gasteiger partial charge in [0, 0.05) is 88.7 Å². The van der Waals surface area contributed by atoms with Crippen LogP contribution in [0.25, 0.3) is 10.9 Å². The number of hydrogen-bond acceptors (Lipinski definition) is 17. The number of phenols is 1. The van der Waals surface area contributed by atoms with E-state index in [0.717, 1.165) is 36.6 Å². The number of nitrogens with two attached hydrogens (primary N) is 1. The van der Waals surface area contributed by atoms with E-state index < -0.39 is 145 Å². The number of aromatic nitrogens is 1. The summed E-state index contributed by atoms with van der Waals surface area (Å²) in [5.41, 5.74) is 7.95. The molecule has 33 heteroatoms. The molecule has 0 saturated carbocycles. The maximum Gasteiger partial charge on any atom is 0.303 e. The molecule has 9 atom stereocenters. The number of guanidine groups is 1. The smallest absolute Gasteiger partial charge is 0.303 e. The van der Waals surface area contributed by atoms with Crippen LogP contribution in [-0.2, 0) is 81.6 Å². The van der Waals surface area contributed by atoms with Crippen molar-refractivity contribution in [2.75, 3.05) is 39.4 Å². The molecule has 0 aliphatic carbocycles. The standard InChI is InChI=1S/C77H116N16O17/c1-5-8-10-11-12-13-14-15-19-32-65(98)82-42-39-66(99)81-40-23-22-30-56(85-49(4)96)69(103)89-61(44-51-33-35-53(97)36-34-51)74(108)93-63(47-94)75(109)87-57(28-9-6-2)70(104)88-59(37-38-67(100)101)72(106)92-64(48-95)76(110)90-60(43-50-25-17-16-18-26-50)73(107)86-58(31-24-41-83-77(78)79)71(105)91-62(68(102)80-7-3)45-52-46-84-55-29-21-20-27-54(52)55/h16-18,20-21,25-27,29,33-36,46,56-64,84,94-95,97H,5-15,19,22-24,28,30-32,37-45,47-48H2,1-4H3,(H,80,102)(H,81,99)(H,82,98)(H,85,96)(H,86,107)(H,87,109)(H,88,104)(H,89,103)(H,90,110)(H,91,105)(H,92,106)(H,93,108)(H,100,101)(H4,78,79,83)/t56-,57-,58-,59-,60+,61-,62-,63-,64-/m0/s1. The number of hydrogen-bond donors (Lipinski definition) is 20. The number of aromatic hydroxyl groups is 1. The molecule has 3 aromatic carbocycles. The summed E-state index contributed by atoms with van der Waals surface area (Å²) in [7, 11) is 0. The third-order valence-electron chi connectivity index (χ3n) is 18.1. The quantitative estimate of drug-likeness (QED) is 0.0169. The number of likely N-dealkylation sites (N-methyl/N-ethyl adjacent to an activating group) is 1. The average molecular weight is 1540 g/mol. The molecule has 0 aliphatic heterocycles. The van der Waals surface area contributed by atoms with E-state index in [9.17, 15) is 82.8 Å². The Morgan fingerprint density at radius 2 is 0.836 bits per heavy atom. The molecule has 0 fully saturated rings. The van der Waals surface area contributed by atoms with E-state index in [1.165, 1.54) is 63.3 Å². The van der Waals surface area contributed by atoms with E-state index in [0.29, 0.717) is 42.4 Å². The number of amides is 12. The number of fused-ring (bicyclic) bond motifs is 1. The zero-order chi connectivity index (χ0) is 80.8. The number of aromatic amines is 1. The molecular formula is C77H116N16O17. The van der Waals surface area contributed by atoms with Gasteiger partial charge in [0.1, 0.15) is 60.1 Å². The number of carbonyl (C=O) groups is 13. The van der Waals surface area contributed by atoms with Crippen LogP contribution in [0.4, 0.5) is 0 Å². The number of carbonyl (C=O) groups excluding carboxylic acids is 12. The average Bonchev–Trinajstić information content (AvgIpc) is 1.67. The van der Waals surface area contributed by atoms with Crippen LogP contribution in [0.1, 0.15) is 179 Å². The van der Waals surface area contributed by atoms with Crippen LogP contribution < -0.4 is 74.9 Å². The van der Waals surface area contributed by atoms with Gasteiger partial charge in [0.2, 0.25) is 70.9 Å². The van der Waals surface area contributed by atoms with Crippen molar-refractivity contribution in [1.29, 1.82) is 5.41 Å². The second-order valence-corrected chi connectivity index (χ2v) is 27.2. The molecule has 33 nitrogen and oxygen atoms in total. The van der Waals surface area contributed by atoms with Crippen LogP contribution in [0, 0.1) is 5.41 Å². The van der Waals surface area contributed by atoms with Crippen molar-refractivity contribution >= 4 is 93.7 Å². The number of phenolic OH excluding ortho intramolecular Hbond substituents is 1. The summed E-state index contributed by atoms with van der Waals surface area (Å²) in [4.78, 5) is 181. The van der Waals surface area contributed by atoms with Gasteiger partial charge in [-0.3, -0.25) is 67.7 Å². The topological polar surface area (TPSA) is 525 Å². The molecule has 4 rings (SSSR count). The van der Waals surface area contributed by atoms with Crippen LogP contribution in [0.2, 0.25) is 0 Å². The first kappa shape index (κ1) is 91.7. The Morgan fingerprint density at radius 3 is 1.36 bits per heavy atom. The van der Waals surface area contributed by atoms with Gasteiger partial charge in [-0.25, -0.2) is 0 Å². The lowest BCUT2D eigenvalue weighted by Crippen LogP contribution is -2.61. The molecule has 0 unspecified atom stereocenters. The molecule has 0 radical (unpaired) electrons. The number of carboxylic acid groups (broad SMARTS) is 1. The van der Waals surface area contributed by atoms with Gasteiger partial charge in [0.25, 0.3) is 0 Å². The Labute approximate surface area is 642 Å². The van der Waals surface area contributed by atoms with Gasteiger partial charge in [-0.15, -0.1) is 0 Å². The Hall–Kier alpha value is -10.7. The summed E-state index contributed by atoms with van der Waals surface area (Å²) >= 11 is 0. The summed E-state index contributed by atoms with van der Waals surface area (Å²) in [6, 6.07) is 7.54. The Balaban J connectivity index is 1.46. The lowest BCUT2D eigenvalue weighted by molar-refractivity contribution is -0.139. The van der Waals surface area contributed by atoms with Gasteiger partial charge in [0.05, 0.1) is 13.2 Å². The molecule has 12 amide bonds. The fraction of sp³-hybridized carbons (Fsp3) is 0.558. The number of aliphatic carboxylic acids is 1. The van der Waals surface area contributed by atoms with Gasteiger partial charge >= 0.3 is 5.97 Å². The number of benzene rings is 3. The van der Waals surface area contributed by atoms with E-state index >= 15 is 0 Å². The number of nitrogens with one attached hydrogen (secondary N) is 15. The molecule has 4 aromatic rings. The number of para-hydroxylation sites is 1. The highest BCUT2D eigenvalue weighted by atomic mass is 16.4. The number of aliphatic hydroxyl groups is 2. The van der Waals surface area contributed by atoms with Crippen LogP contribution in [0.3, 0.4) is 0 Å². The monoisotopic (exact) mass is 1540 g/mol. The highest BCUT2D eigenvalue weighted by Crippen LogP contribution is 2.21. The van der Waals surface area contributed by atoms with Gasteiger partial charge in [-0.05, 0) is 93.2 Å². The predicted molar refractivity (Wildman–Crippen MR) is 412 cm³/mol. The van der Waals surface area contributed by atoms with E-state index in [2.05, 4.69) is 81.0 Å². The van der Waals surface area contributed by atoms with Crippen molar-refractivity contribution in [3.63, 3.8) is 0 Å². The van der Waals surface area contributed by atoms with Crippen molar-refractivity contribution < 1.29 is 82.8 Å². The first-order valence-electron chi connectivity index (χ1n) is 38.2. The lowest BCUT2D eigenvalue weighted by Gasteiger charge is -2.28. The van der Waals surface area contributed by atoms with Crippen molar-refractivity contribution in [1.82, 2.24) is 74.1 Å². The Bertz CT molecular complexity index is 3600. The summed E-state index contributed by atoms with van der Waals surface area (Å²) in [5, 5.41) is 83.3. The minimum atomic E-state index is -1.89. The number of unbranched alkanes of at least 4 members (excludes halogenated alkanes) is 10. The maximum atomic E-state index is 14.6. The summed E-state index contributed by atoms with van der Waals surface area (Å²) in [6.45, 7) is 5.37. The summed E-state index contributed by atoms with van der Waals surface area (Å²) in [5.74, 6) is -11.4. The molecule has 0 bridgehead atoms. The first-order valence-corrected chi connectivity index (χ1v) is 38.2. The normalized spacial score (nSPS) is 13.5. The molecule has 0 saturated heterocycles. The second-order valence-electron chi connectivity index (χ2n) is 27.2. The minimum absolute atomic E-state index is 0.0428. The van der Waals surface area contributed by atoms with Crippen molar-refractivity contribution in [2.45, 2.75) is 236 Å². The molecule has 1 heterocycles. The number of aliphatic hydroxyl groups excluding tert-OH is 2. The number of H-pyrrole nitrogens is 1. The van der Waals surface area contributed by atoms with Crippen LogP contribution in [-0.4, -0.2) is 202 Å². The second kappa shape index (κ2) is 51.6. The molecule has 1 aromatic heterocycles. The van der Waals surface area contributed by atoms with Crippen LogP contribution in [0.5, 0.6) is 5.75 Å². The van der Waals surface area contributed by atoms with Crippen molar-refractivity contribution in [2.24, 2.45) is 5.73 Å². The van der Waals surface area contributed by atoms with Gasteiger partial charge < -0.3 is 100 Å². The zero-order valence-corrected chi connectivity index (χ0v) is 63.7. The van der Waals surface area contributed by atoms with E-state index in [-0.39, 0.29) is 107 Å². The largest absolute Gasteiger partial charge is 0.508 e. The molecule has 21 N–H and O–H groups in total. The molecule has 110 heavy (non-hydrogen) atoms. The Kier molecular flexibility index (Phi) is 43.0. The highest BCUT2D eigenvalue weighted by Gasteiger charge is 2.36. The fourth-order valence-corrected chi connectivity index (χ4v) is 12.0. The highest BCUT2D eigenvalue weighted by molar-refractivity contribution is 5.99. The predicted octanol–water partition coefficient (Wildman–Crippen LogP) is 1.44. The Morgan fingerprint density at radius 1 is 0.409 bits per heavy atom. The zero-order valence-electron chi connectivity index (χ0n) is 63.7.